The molecule has 1 aromatic heterocycles. The van der Waals surface area contributed by atoms with E-state index in [2.05, 4.69) is 0 Å². The summed E-state index contributed by atoms with van der Waals surface area (Å²) < 4.78 is 12.4. The fourth-order valence-corrected chi connectivity index (χ4v) is 5.02. The second kappa shape index (κ2) is 7.51. The van der Waals surface area contributed by atoms with Gasteiger partial charge < -0.3 is 4.57 Å². The van der Waals surface area contributed by atoms with Crippen molar-refractivity contribution >= 4 is 46.4 Å². The maximum atomic E-state index is 12.4. The molecule has 4 aromatic rings. The van der Waals surface area contributed by atoms with E-state index in [1.807, 2.05) is 84.9 Å². The average molecular weight is 435 g/mol. The number of allylic oxidation sites excluding steroid dienone is 1. The molecule has 5 rings (SSSR count). The van der Waals surface area contributed by atoms with Crippen LogP contribution in [0.4, 0.5) is 0 Å². The second-order valence-electron chi connectivity index (χ2n) is 8.34. The second-order valence-corrected chi connectivity index (χ2v) is 11.6. The number of nitrogens with one attached hydrogen (secondary N) is 2. The first-order chi connectivity index (χ1) is 15.3. The van der Waals surface area contributed by atoms with Crippen molar-refractivity contribution in [1.29, 1.82) is 10.8 Å². The van der Waals surface area contributed by atoms with Gasteiger partial charge in [0, 0.05) is 33.0 Å². The van der Waals surface area contributed by atoms with E-state index in [1.165, 1.54) is 0 Å². The fraction of sp³-hybridized carbons (Fsp3) is 0.0741. The fourth-order valence-electron chi connectivity index (χ4n) is 4.16. The number of benzene rings is 3. The van der Waals surface area contributed by atoms with Crippen LogP contribution in [0.2, 0.25) is 0 Å². The van der Waals surface area contributed by atoms with Crippen molar-refractivity contribution in [1.82, 2.24) is 4.98 Å². The zero-order valence-electron chi connectivity index (χ0n) is 17.9. The molecule has 0 radical (unpaired) electrons. The molecule has 4 nitrogen and oxygen atoms in total. The van der Waals surface area contributed by atoms with Crippen LogP contribution in [0.25, 0.3) is 33.8 Å². The van der Waals surface area contributed by atoms with Gasteiger partial charge in [-0.25, -0.2) is 4.98 Å². The molecular formula is C27H22N3OP. The summed E-state index contributed by atoms with van der Waals surface area (Å²) in [5.41, 5.74) is 6.05. The van der Waals surface area contributed by atoms with Crippen molar-refractivity contribution in [2.24, 2.45) is 0 Å². The van der Waals surface area contributed by atoms with E-state index in [1.54, 1.807) is 13.3 Å². The van der Waals surface area contributed by atoms with Gasteiger partial charge in [-0.2, -0.15) is 0 Å². The summed E-state index contributed by atoms with van der Waals surface area (Å²) in [5.74, 6) is 0. The largest absolute Gasteiger partial charge is 0.319 e. The molecule has 1 heterocycles. The summed E-state index contributed by atoms with van der Waals surface area (Å²) in [6.07, 6.45) is 1.98. The molecule has 0 fully saturated rings. The molecule has 0 aliphatic heterocycles. The summed E-state index contributed by atoms with van der Waals surface area (Å²) in [5, 5.41) is 19.4. The molecule has 32 heavy (non-hydrogen) atoms. The van der Waals surface area contributed by atoms with Crippen molar-refractivity contribution in [2.75, 3.05) is 13.3 Å². The molecule has 0 saturated carbocycles. The zero-order chi connectivity index (χ0) is 22.5. The van der Waals surface area contributed by atoms with Crippen molar-refractivity contribution in [2.45, 2.75) is 0 Å². The predicted octanol–water partition coefficient (Wildman–Crippen LogP) is 6.09. The third kappa shape index (κ3) is 3.34. The Hall–Kier alpha value is -3.62. The minimum Gasteiger partial charge on any atom is -0.319 e. The third-order valence-electron chi connectivity index (χ3n) is 5.84. The lowest BCUT2D eigenvalue weighted by molar-refractivity contribution is 0.588. The molecule has 0 amide bonds. The van der Waals surface area contributed by atoms with E-state index in [0.29, 0.717) is 5.57 Å². The molecule has 1 aliphatic rings. The Morgan fingerprint density at radius 1 is 0.750 bits per heavy atom. The molecule has 0 spiro atoms. The topological polar surface area (TPSA) is 77.7 Å². The van der Waals surface area contributed by atoms with Gasteiger partial charge in [-0.3, -0.25) is 10.8 Å². The Bertz CT molecular complexity index is 1480. The molecule has 2 N–H and O–H groups in total. The number of hydrogen-bond donors (Lipinski definition) is 2. The van der Waals surface area contributed by atoms with Gasteiger partial charge in [0.15, 0.2) is 0 Å². The minimum absolute atomic E-state index is 0.178. The Labute approximate surface area is 187 Å². The van der Waals surface area contributed by atoms with Crippen LogP contribution in [-0.4, -0.2) is 29.7 Å². The highest BCUT2D eigenvalue weighted by Gasteiger charge is 2.27. The van der Waals surface area contributed by atoms with E-state index in [-0.39, 0.29) is 11.4 Å². The molecule has 156 valence electrons. The Kier molecular flexibility index (Phi) is 4.76. The molecule has 5 heteroatoms. The number of aromatic nitrogens is 1. The normalized spacial score (nSPS) is 13.8. The highest BCUT2D eigenvalue weighted by atomic mass is 31.2. The van der Waals surface area contributed by atoms with Gasteiger partial charge in [0.2, 0.25) is 0 Å². The SMILES string of the molecule is CP(C)(=O)c1ccc(C2=Cc3c(-c4ccccc4)nc4ccccc4c3C(=N)C2=N)cc1. The quantitative estimate of drug-likeness (QED) is 0.382. The van der Waals surface area contributed by atoms with Gasteiger partial charge >= 0.3 is 0 Å². The van der Waals surface area contributed by atoms with E-state index in [9.17, 15) is 4.57 Å². The maximum Gasteiger partial charge on any atom is 0.109 e. The van der Waals surface area contributed by atoms with E-state index >= 15 is 0 Å². The highest BCUT2D eigenvalue weighted by molar-refractivity contribution is 7.70. The number of pyridine rings is 1. The summed E-state index contributed by atoms with van der Waals surface area (Å²) in [6.45, 7) is 3.50. The zero-order valence-corrected chi connectivity index (χ0v) is 18.8. The van der Waals surface area contributed by atoms with Crippen molar-refractivity contribution in [3.05, 3.63) is 95.6 Å². The predicted molar refractivity (Wildman–Crippen MR) is 135 cm³/mol. The smallest absolute Gasteiger partial charge is 0.109 e. The standard InChI is InChI=1S/C27H22N3OP/c1-32(2,31)19-14-12-17(13-15-19)21-16-22-24(26(29)25(21)28)20-10-6-7-11-23(20)30-27(22)18-8-4-3-5-9-18/h3-16,28-29H,1-2H3. The summed E-state index contributed by atoms with van der Waals surface area (Å²) >= 11 is 0. The molecule has 0 bridgehead atoms. The Balaban J connectivity index is 1.79. The lowest BCUT2D eigenvalue weighted by Crippen LogP contribution is -2.22. The highest BCUT2D eigenvalue weighted by Crippen LogP contribution is 2.38. The maximum absolute atomic E-state index is 12.4. The summed E-state index contributed by atoms with van der Waals surface area (Å²) in [6, 6.07) is 25.3. The minimum atomic E-state index is -2.36. The lowest BCUT2D eigenvalue weighted by atomic mass is 9.82. The van der Waals surface area contributed by atoms with Crippen LogP contribution >= 0.6 is 7.14 Å². The van der Waals surface area contributed by atoms with E-state index in [4.69, 9.17) is 15.8 Å². The van der Waals surface area contributed by atoms with Crippen molar-refractivity contribution < 1.29 is 4.57 Å². The van der Waals surface area contributed by atoms with Gasteiger partial charge in [-0.1, -0.05) is 72.8 Å². The van der Waals surface area contributed by atoms with E-state index in [0.717, 1.165) is 44.2 Å². The number of nitrogens with zero attached hydrogens (tertiary/aromatic N) is 1. The number of para-hydroxylation sites is 1. The number of hydrogen-bond acceptors (Lipinski definition) is 4. The van der Waals surface area contributed by atoms with Gasteiger partial charge in [-0.15, -0.1) is 0 Å². The molecule has 0 unspecified atom stereocenters. The Morgan fingerprint density at radius 3 is 2.09 bits per heavy atom. The van der Waals surface area contributed by atoms with Crippen LogP contribution in [0.5, 0.6) is 0 Å². The molecule has 1 aliphatic carbocycles. The molecule has 0 saturated heterocycles. The average Bonchev–Trinajstić information content (AvgIpc) is 2.80. The van der Waals surface area contributed by atoms with Gasteiger partial charge in [0.25, 0.3) is 0 Å². The van der Waals surface area contributed by atoms with Crippen LogP contribution in [0.15, 0.2) is 78.9 Å². The summed E-state index contributed by atoms with van der Waals surface area (Å²) in [7, 11) is -2.36. The van der Waals surface area contributed by atoms with Crippen LogP contribution in [-0.2, 0) is 4.57 Å². The number of rotatable bonds is 3. The monoisotopic (exact) mass is 435 g/mol. The van der Waals surface area contributed by atoms with Crippen LogP contribution in [0.3, 0.4) is 0 Å². The van der Waals surface area contributed by atoms with E-state index < -0.39 is 7.14 Å². The first-order valence-corrected chi connectivity index (χ1v) is 13.0. The molecule has 3 aromatic carbocycles. The molecular weight excluding hydrogens is 413 g/mol. The van der Waals surface area contributed by atoms with Crippen LogP contribution in [0, 0.1) is 10.8 Å². The Morgan fingerprint density at radius 2 is 1.41 bits per heavy atom. The number of fused-ring (bicyclic) bond motifs is 3. The van der Waals surface area contributed by atoms with Gasteiger partial charge in [0.05, 0.1) is 22.6 Å². The van der Waals surface area contributed by atoms with Gasteiger partial charge in [-0.05, 0) is 31.0 Å². The lowest BCUT2D eigenvalue weighted by Gasteiger charge is -2.23. The third-order valence-corrected chi connectivity index (χ3v) is 7.38. The first-order valence-electron chi connectivity index (χ1n) is 10.4. The van der Waals surface area contributed by atoms with Crippen molar-refractivity contribution in [3.8, 4) is 11.3 Å². The van der Waals surface area contributed by atoms with Crippen LogP contribution in [0.1, 0.15) is 16.7 Å². The molecule has 0 atom stereocenters. The van der Waals surface area contributed by atoms with Crippen LogP contribution < -0.4 is 5.30 Å². The van der Waals surface area contributed by atoms with Crippen molar-refractivity contribution in [3.63, 3.8) is 0 Å². The van der Waals surface area contributed by atoms with Gasteiger partial charge in [0.1, 0.15) is 7.14 Å². The first kappa shape index (κ1) is 20.3. The summed E-state index contributed by atoms with van der Waals surface area (Å²) in [4.78, 5) is 4.94.